The molecule has 0 aliphatic carbocycles. The Balaban J connectivity index is 2.67. The number of hydrogen-bond acceptors (Lipinski definition) is 3. The minimum Gasteiger partial charge on any atom is -0.465 e. The molecule has 0 aromatic carbocycles. The van der Waals surface area contributed by atoms with Gasteiger partial charge in [0.2, 0.25) is 0 Å². The van der Waals surface area contributed by atoms with Crippen LogP contribution in [0.1, 0.15) is 37.0 Å². The summed E-state index contributed by atoms with van der Waals surface area (Å²) in [6, 6.07) is 4.17. The molecule has 0 aliphatic rings. The summed E-state index contributed by atoms with van der Waals surface area (Å²) < 4.78 is 5.60. The van der Waals surface area contributed by atoms with Gasteiger partial charge >= 0.3 is 0 Å². The van der Waals surface area contributed by atoms with Crippen LogP contribution >= 0.6 is 11.8 Å². The van der Waals surface area contributed by atoms with Crippen LogP contribution in [0.4, 0.5) is 0 Å². The molecular weight excluding hydrogens is 194 g/mol. The van der Waals surface area contributed by atoms with Gasteiger partial charge in [-0.25, -0.2) is 0 Å². The summed E-state index contributed by atoms with van der Waals surface area (Å²) >= 11 is 1.88. The molecule has 0 amide bonds. The molecular formula is C11H19NOS. The third-order valence-electron chi connectivity index (χ3n) is 2.02. The van der Waals surface area contributed by atoms with Gasteiger partial charge in [-0.2, -0.15) is 0 Å². The van der Waals surface area contributed by atoms with E-state index in [9.17, 15) is 0 Å². The first kappa shape index (κ1) is 11.7. The highest BCUT2D eigenvalue weighted by Gasteiger charge is 2.19. The van der Waals surface area contributed by atoms with Crippen molar-refractivity contribution < 1.29 is 4.42 Å². The molecule has 0 radical (unpaired) electrons. The van der Waals surface area contributed by atoms with Gasteiger partial charge in [0.05, 0.1) is 5.25 Å². The van der Waals surface area contributed by atoms with E-state index in [2.05, 4.69) is 6.92 Å². The Morgan fingerprint density at radius 1 is 1.50 bits per heavy atom. The van der Waals surface area contributed by atoms with E-state index in [1.165, 1.54) is 6.42 Å². The average molecular weight is 213 g/mol. The fourth-order valence-corrected chi connectivity index (χ4v) is 2.43. The van der Waals surface area contributed by atoms with Crippen LogP contribution in [0.5, 0.6) is 0 Å². The van der Waals surface area contributed by atoms with E-state index in [0.29, 0.717) is 5.25 Å². The molecule has 2 atom stereocenters. The molecule has 0 fully saturated rings. The van der Waals surface area contributed by atoms with Crippen LogP contribution in [0.3, 0.4) is 0 Å². The topological polar surface area (TPSA) is 39.2 Å². The number of furan rings is 1. The highest BCUT2D eigenvalue weighted by Crippen LogP contribution is 2.32. The number of rotatable bonds is 5. The highest BCUT2D eigenvalue weighted by atomic mass is 32.2. The Kier molecular flexibility index (Phi) is 4.55. The van der Waals surface area contributed by atoms with Crippen LogP contribution in [0.2, 0.25) is 0 Å². The van der Waals surface area contributed by atoms with Crippen molar-refractivity contribution >= 4 is 11.8 Å². The van der Waals surface area contributed by atoms with Gasteiger partial charge in [-0.1, -0.05) is 6.92 Å². The van der Waals surface area contributed by atoms with Crippen molar-refractivity contribution in [3.63, 3.8) is 0 Å². The van der Waals surface area contributed by atoms with Gasteiger partial charge in [-0.3, -0.25) is 0 Å². The summed E-state index contributed by atoms with van der Waals surface area (Å²) in [6.45, 7) is 6.18. The van der Waals surface area contributed by atoms with Gasteiger partial charge in [0, 0.05) is 6.04 Å². The zero-order valence-corrected chi connectivity index (χ0v) is 9.93. The molecule has 2 N–H and O–H groups in total. The quantitative estimate of drug-likeness (QED) is 0.816. The molecule has 0 aliphatic heterocycles. The van der Waals surface area contributed by atoms with Crippen molar-refractivity contribution in [1.29, 1.82) is 0 Å². The number of nitrogens with two attached hydrogens (primary N) is 1. The lowest BCUT2D eigenvalue weighted by molar-refractivity contribution is 0.464. The fourth-order valence-electron chi connectivity index (χ4n) is 1.34. The summed E-state index contributed by atoms with van der Waals surface area (Å²) in [7, 11) is 0. The molecule has 14 heavy (non-hydrogen) atoms. The van der Waals surface area contributed by atoms with Crippen molar-refractivity contribution in [1.82, 2.24) is 0 Å². The number of thioether (sulfide) groups is 1. The maximum Gasteiger partial charge on any atom is 0.118 e. The molecule has 2 nitrogen and oxygen atoms in total. The van der Waals surface area contributed by atoms with E-state index in [1.807, 2.05) is 37.7 Å². The summed E-state index contributed by atoms with van der Waals surface area (Å²) in [5.41, 5.74) is 5.94. The second kappa shape index (κ2) is 5.47. The second-order valence-electron chi connectivity index (χ2n) is 3.60. The maximum atomic E-state index is 5.94. The van der Waals surface area contributed by atoms with Gasteiger partial charge in [-0.05, 0) is 38.2 Å². The SMILES string of the molecule is CCCSC(c1ccc(C)o1)C(C)N. The third kappa shape index (κ3) is 3.07. The summed E-state index contributed by atoms with van der Waals surface area (Å²) in [4.78, 5) is 0. The smallest absolute Gasteiger partial charge is 0.118 e. The Bertz CT molecular complexity index is 270. The summed E-state index contributed by atoms with van der Waals surface area (Å²) in [5, 5.41) is 0.295. The van der Waals surface area contributed by atoms with Gasteiger partial charge in [0.15, 0.2) is 0 Å². The van der Waals surface area contributed by atoms with E-state index in [1.54, 1.807) is 0 Å². The van der Waals surface area contributed by atoms with Crippen LogP contribution in [-0.4, -0.2) is 11.8 Å². The van der Waals surface area contributed by atoms with Gasteiger partial charge in [0.1, 0.15) is 11.5 Å². The minimum absolute atomic E-state index is 0.136. The molecule has 0 saturated heterocycles. The zero-order valence-electron chi connectivity index (χ0n) is 9.12. The number of aryl methyl sites for hydroxylation is 1. The van der Waals surface area contributed by atoms with Crippen molar-refractivity contribution in [3.05, 3.63) is 23.7 Å². The van der Waals surface area contributed by atoms with Crippen molar-refractivity contribution in [3.8, 4) is 0 Å². The van der Waals surface area contributed by atoms with Crippen molar-refractivity contribution in [2.75, 3.05) is 5.75 Å². The van der Waals surface area contributed by atoms with E-state index in [-0.39, 0.29) is 6.04 Å². The summed E-state index contributed by atoms with van der Waals surface area (Å²) in [5.74, 6) is 3.10. The van der Waals surface area contributed by atoms with E-state index in [0.717, 1.165) is 17.3 Å². The molecule has 80 valence electrons. The summed E-state index contributed by atoms with van der Waals surface area (Å²) in [6.07, 6.45) is 1.17. The third-order valence-corrected chi connectivity index (χ3v) is 3.69. The van der Waals surface area contributed by atoms with E-state index >= 15 is 0 Å². The Labute approximate surface area is 90.2 Å². The zero-order chi connectivity index (χ0) is 10.6. The maximum absolute atomic E-state index is 5.94. The first-order valence-corrected chi connectivity index (χ1v) is 6.13. The van der Waals surface area contributed by atoms with E-state index < -0.39 is 0 Å². The average Bonchev–Trinajstić information content (AvgIpc) is 2.52. The molecule has 2 unspecified atom stereocenters. The Hall–Kier alpha value is -0.410. The predicted octanol–water partition coefficient (Wildman–Crippen LogP) is 3.12. The lowest BCUT2D eigenvalue weighted by Gasteiger charge is -2.17. The Morgan fingerprint density at radius 2 is 2.21 bits per heavy atom. The molecule has 1 aromatic rings. The molecule has 0 spiro atoms. The van der Waals surface area contributed by atoms with Crippen molar-refractivity contribution in [2.24, 2.45) is 5.73 Å². The van der Waals surface area contributed by atoms with Crippen molar-refractivity contribution in [2.45, 2.75) is 38.5 Å². The Morgan fingerprint density at radius 3 is 2.64 bits per heavy atom. The van der Waals surface area contributed by atoms with Crippen LogP contribution < -0.4 is 5.73 Å². The molecule has 1 heterocycles. The first-order chi connectivity index (χ1) is 6.65. The lowest BCUT2D eigenvalue weighted by Crippen LogP contribution is -2.22. The number of hydrogen-bond donors (Lipinski definition) is 1. The predicted molar refractivity (Wildman–Crippen MR) is 62.6 cm³/mol. The van der Waals surface area contributed by atoms with Crippen LogP contribution in [0.25, 0.3) is 0 Å². The van der Waals surface area contributed by atoms with Gasteiger partial charge < -0.3 is 10.2 Å². The van der Waals surface area contributed by atoms with Gasteiger partial charge in [-0.15, -0.1) is 11.8 Å². The van der Waals surface area contributed by atoms with E-state index in [4.69, 9.17) is 10.2 Å². The van der Waals surface area contributed by atoms with Crippen LogP contribution in [0.15, 0.2) is 16.5 Å². The molecule has 3 heteroatoms. The lowest BCUT2D eigenvalue weighted by atomic mass is 10.2. The fraction of sp³-hybridized carbons (Fsp3) is 0.636. The molecule has 1 rings (SSSR count). The molecule has 1 aromatic heterocycles. The monoisotopic (exact) mass is 213 g/mol. The minimum atomic E-state index is 0.136. The van der Waals surface area contributed by atoms with Crippen LogP contribution in [-0.2, 0) is 0 Å². The first-order valence-electron chi connectivity index (χ1n) is 5.08. The van der Waals surface area contributed by atoms with Gasteiger partial charge in [0.25, 0.3) is 0 Å². The second-order valence-corrected chi connectivity index (χ2v) is 4.85. The normalized spacial score (nSPS) is 15.4. The molecule has 0 saturated carbocycles. The standard InChI is InChI=1S/C11H19NOS/c1-4-7-14-11(9(3)12)10-6-5-8(2)13-10/h5-6,9,11H,4,7,12H2,1-3H3. The van der Waals surface area contributed by atoms with Crippen LogP contribution in [0, 0.1) is 6.92 Å². The highest BCUT2D eigenvalue weighted by molar-refractivity contribution is 7.99. The molecule has 0 bridgehead atoms. The largest absolute Gasteiger partial charge is 0.465 e.